The Labute approximate surface area is 211 Å². The molecule has 9 heteroatoms. The number of carbonyl (C=O) groups is 2. The normalized spacial score (nSPS) is 12.0. The fraction of sp³-hybridized carbons (Fsp3) is 0.259. The van der Waals surface area contributed by atoms with E-state index in [1.807, 2.05) is 0 Å². The third-order valence-electron chi connectivity index (χ3n) is 5.81. The summed E-state index contributed by atoms with van der Waals surface area (Å²) in [4.78, 5) is 27.6. The fourth-order valence-corrected chi connectivity index (χ4v) is 5.29. The van der Waals surface area contributed by atoms with Crippen LogP contribution in [0, 0.1) is 12.7 Å². The number of hydrogen-bond donors (Lipinski definition) is 1. The lowest BCUT2D eigenvalue weighted by Crippen LogP contribution is -2.51. The van der Waals surface area contributed by atoms with Crippen LogP contribution in [0.2, 0.25) is 0 Å². The molecule has 0 aliphatic heterocycles. The first-order chi connectivity index (χ1) is 17.2. The fourth-order valence-electron chi connectivity index (χ4n) is 3.79. The van der Waals surface area contributed by atoms with Crippen molar-refractivity contribution in [3.8, 4) is 0 Å². The van der Waals surface area contributed by atoms with Crippen molar-refractivity contribution in [3.63, 3.8) is 0 Å². The Morgan fingerprint density at radius 1 is 0.944 bits per heavy atom. The molecule has 3 aromatic carbocycles. The number of rotatable bonds is 10. The number of halogens is 1. The Kier molecular flexibility index (Phi) is 8.82. The average molecular weight is 512 g/mol. The van der Waals surface area contributed by atoms with Gasteiger partial charge in [-0.2, -0.15) is 0 Å². The van der Waals surface area contributed by atoms with Crippen molar-refractivity contribution >= 4 is 27.5 Å². The number of carbonyl (C=O) groups excluding carboxylic acids is 2. The van der Waals surface area contributed by atoms with E-state index in [2.05, 4.69) is 5.32 Å². The quantitative estimate of drug-likeness (QED) is 0.448. The van der Waals surface area contributed by atoms with Crippen LogP contribution in [-0.4, -0.2) is 44.3 Å². The Hall–Kier alpha value is -3.72. The smallest absolute Gasteiger partial charge is 0.264 e. The molecule has 1 N–H and O–H groups in total. The molecular weight excluding hydrogens is 481 g/mol. The van der Waals surface area contributed by atoms with Gasteiger partial charge in [0.25, 0.3) is 10.0 Å². The SMILES string of the molecule is CCNC(=O)[C@H](C)N(Cc1ccccc1F)C(=O)CN(c1ccccc1C)S(=O)(=O)c1ccccc1. The minimum absolute atomic E-state index is 0.0264. The zero-order valence-electron chi connectivity index (χ0n) is 20.5. The molecule has 0 saturated carbocycles. The molecule has 7 nitrogen and oxygen atoms in total. The summed E-state index contributed by atoms with van der Waals surface area (Å²) in [7, 11) is -4.13. The summed E-state index contributed by atoms with van der Waals surface area (Å²) >= 11 is 0. The maximum Gasteiger partial charge on any atom is 0.264 e. The summed E-state index contributed by atoms with van der Waals surface area (Å²) in [6.45, 7) is 4.62. The van der Waals surface area contributed by atoms with Crippen LogP contribution in [0.1, 0.15) is 25.0 Å². The predicted octanol–water partition coefficient (Wildman–Crippen LogP) is 3.88. The molecule has 0 fully saturated rings. The summed E-state index contributed by atoms with van der Waals surface area (Å²) in [5.74, 6) is -1.58. The zero-order valence-corrected chi connectivity index (χ0v) is 21.3. The molecule has 0 bridgehead atoms. The van der Waals surface area contributed by atoms with E-state index in [4.69, 9.17) is 0 Å². The first kappa shape index (κ1) is 26.9. The van der Waals surface area contributed by atoms with Gasteiger partial charge in [-0.1, -0.05) is 54.6 Å². The topological polar surface area (TPSA) is 86.8 Å². The number of para-hydroxylation sites is 1. The minimum Gasteiger partial charge on any atom is -0.355 e. The number of nitrogens with zero attached hydrogens (tertiary/aromatic N) is 2. The molecule has 0 heterocycles. The molecule has 2 amide bonds. The number of amides is 2. The average Bonchev–Trinajstić information content (AvgIpc) is 2.87. The largest absolute Gasteiger partial charge is 0.355 e. The Bertz CT molecular complexity index is 1320. The predicted molar refractivity (Wildman–Crippen MR) is 137 cm³/mol. The molecule has 0 spiro atoms. The molecule has 0 aliphatic carbocycles. The molecule has 0 unspecified atom stereocenters. The van der Waals surface area contributed by atoms with E-state index in [-0.39, 0.29) is 17.0 Å². The molecule has 3 rings (SSSR count). The second-order valence-corrected chi connectivity index (χ2v) is 10.2. The Balaban J connectivity index is 2.04. The number of hydrogen-bond acceptors (Lipinski definition) is 4. The first-order valence-corrected chi connectivity index (χ1v) is 13.0. The van der Waals surface area contributed by atoms with E-state index in [1.165, 1.54) is 42.2 Å². The number of benzene rings is 3. The van der Waals surface area contributed by atoms with Gasteiger partial charge in [0.1, 0.15) is 18.4 Å². The van der Waals surface area contributed by atoms with Crippen LogP contribution >= 0.6 is 0 Å². The van der Waals surface area contributed by atoms with Crippen LogP contribution in [0.15, 0.2) is 83.8 Å². The lowest BCUT2D eigenvalue weighted by atomic mass is 10.1. The van der Waals surface area contributed by atoms with Crippen LogP contribution in [0.5, 0.6) is 0 Å². The van der Waals surface area contributed by atoms with Gasteiger partial charge in [-0.25, -0.2) is 12.8 Å². The Morgan fingerprint density at radius 3 is 2.19 bits per heavy atom. The van der Waals surface area contributed by atoms with E-state index in [0.717, 1.165) is 4.31 Å². The molecule has 0 aromatic heterocycles. The lowest BCUT2D eigenvalue weighted by molar-refractivity contribution is -0.139. The number of likely N-dealkylation sites (N-methyl/N-ethyl adjacent to an activating group) is 1. The highest BCUT2D eigenvalue weighted by Gasteiger charge is 2.33. The number of sulfonamides is 1. The lowest BCUT2D eigenvalue weighted by Gasteiger charge is -2.32. The van der Waals surface area contributed by atoms with Gasteiger partial charge >= 0.3 is 0 Å². The third kappa shape index (κ3) is 6.09. The second-order valence-electron chi connectivity index (χ2n) is 8.29. The van der Waals surface area contributed by atoms with Crippen LogP contribution in [0.25, 0.3) is 0 Å². The van der Waals surface area contributed by atoms with Gasteiger partial charge in [-0.15, -0.1) is 0 Å². The number of nitrogens with one attached hydrogen (secondary N) is 1. The molecule has 190 valence electrons. The second kappa shape index (κ2) is 11.8. The van der Waals surface area contributed by atoms with E-state index < -0.39 is 40.2 Å². The number of anilines is 1. The number of aryl methyl sites for hydroxylation is 1. The van der Waals surface area contributed by atoms with Crippen LogP contribution in [0.4, 0.5) is 10.1 Å². The summed E-state index contributed by atoms with van der Waals surface area (Å²) in [5, 5.41) is 2.67. The first-order valence-electron chi connectivity index (χ1n) is 11.6. The highest BCUT2D eigenvalue weighted by atomic mass is 32.2. The van der Waals surface area contributed by atoms with Gasteiger partial charge in [-0.05, 0) is 50.6 Å². The van der Waals surface area contributed by atoms with Gasteiger partial charge in [0.2, 0.25) is 11.8 Å². The van der Waals surface area contributed by atoms with Gasteiger partial charge in [0.05, 0.1) is 10.6 Å². The highest BCUT2D eigenvalue weighted by molar-refractivity contribution is 7.92. The summed E-state index contributed by atoms with van der Waals surface area (Å²) in [6, 6.07) is 19.7. The molecular formula is C27H30FN3O4S. The van der Waals surface area contributed by atoms with Crippen molar-refractivity contribution in [2.24, 2.45) is 0 Å². The highest BCUT2D eigenvalue weighted by Crippen LogP contribution is 2.27. The van der Waals surface area contributed by atoms with E-state index in [1.54, 1.807) is 62.4 Å². The van der Waals surface area contributed by atoms with Crippen molar-refractivity contribution in [2.75, 3.05) is 17.4 Å². The van der Waals surface area contributed by atoms with Gasteiger partial charge in [0.15, 0.2) is 0 Å². The van der Waals surface area contributed by atoms with E-state index in [0.29, 0.717) is 17.8 Å². The van der Waals surface area contributed by atoms with Crippen LogP contribution in [-0.2, 0) is 26.2 Å². The van der Waals surface area contributed by atoms with Gasteiger partial charge in [-0.3, -0.25) is 13.9 Å². The Morgan fingerprint density at radius 2 is 1.56 bits per heavy atom. The van der Waals surface area contributed by atoms with E-state index in [9.17, 15) is 22.4 Å². The van der Waals surface area contributed by atoms with Crippen molar-refractivity contribution in [2.45, 2.75) is 38.3 Å². The molecule has 36 heavy (non-hydrogen) atoms. The molecule has 0 saturated heterocycles. The van der Waals surface area contributed by atoms with Crippen LogP contribution in [0.3, 0.4) is 0 Å². The molecule has 1 atom stereocenters. The van der Waals surface area contributed by atoms with Crippen LogP contribution < -0.4 is 9.62 Å². The molecule has 0 aliphatic rings. The molecule has 0 radical (unpaired) electrons. The summed E-state index contributed by atoms with van der Waals surface area (Å²) < 4.78 is 42.9. The third-order valence-corrected chi connectivity index (χ3v) is 7.59. The standard InChI is InChI=1S/C27H30FN3O4S/c1-4-29-27(33)21(3)30(18-22-13-9-10-16-24(22)28)26(32)19-31(25-17-11-8-12-20(25)2)36(34,35)23-14-6-5-7-15-23/h5-17,21H,4,18-19H2,1-3H3,(H,29,33)/t21-/m0/s1. The maximum atomic E-state index is 14.5. The zero-order chi connectivity index (χ0) is 26.3. The monoisotopic (exact) mass is 511 g/mol. The van der Waals surface area contributed by atoms with E-state index >= 15 is 0 Å². The van der Waals surface area contributed by atoms with Crippen molar-refractivity contribution in [1.82, 2.24) is 10.2 Å². The summed E-state index contributed by atoms with van der Waals surface area (Å²) in [5.41, 5.74) is 1.21. The maximum absolute atomic E-state index is 14.5. The molecule has 3 aromatic rings. The van der Waals surface area contributed by atoms with Crippen molar-refractivity contribution < 1.29 is 22.4 Å². The van der Waals surface area contributed by atoms with Crippen molar-refractivity contribution in [3.05, 3.63) is 95.8 Å². The van der Waals surface area contributed by atoms with Gasteiger partial charge in [0, 0.05) is 18.7 Å². The van der Waals surface area contributed by atoms with Gasteiger partial charge < -0.3 is 10.2 Å². The summed E-state index contributed by atoms with van der Waals surface area (Å²) in [6.07, 6.45) is 0. The van der Waals surface area contributed by atoms with Crippen molar-refractivity contribution in [1.29, 1.82) is 0 Å². The minimum atomic E-state index is -4.13.